The van der Waals surface area contributed by atoms with Gasteiger partial charge >= 0.3 is 0 Å². The number of benzene rings is 2. The van der Waals surface area contributed by atoms with E-state index >= 15 is 0 Å². The first-order valence-corrected chi connectivity index (χ1v) is 11.9. The molecule has 0 aromatic heterocycles. The smallest absolute Gasteiger partial charge is 0.243 e. The van der Waals surface area contributed by atoms with E-state index in [1.165, 1.54) is 9.87 Å². The van der Waals surface area contributed by atoms with Crippen molar-refractivity contribution >= 4 is 15.9 Å². The predicted octanol–water partition coefficient (Wildman–Crippen LogP) is 3.11. The minimum Gasteiger partial charge on any atom is -0.497 e. The van der Waals surface area contributed by atoms with Crippen LogP contribution in [0.25, 0.3) is 0 Å². The normalized spacial score (nSPS) is 22.8. The summed E-state index contributed by atoms with van der Waals surface area (Å²) in [5.74, 6) is 0.949. The van der Waals surface area contributed by atoms with Crippen LogP contribution in [-0.2, 0) is 14.8 Å². The van der Waals surface area contributed by atoms with Crippen LogP contribution in [0.3, 0.4) is 0 Å². The van der Waals surface area contributed by atoms with Gasteiger partial charge in [-0.05, 0) is 49.1 Å². The molecule has 2 unspecified atom stereocenters. The summed E-state index contributed by atoms with van der Waals surface area (Å²) in [7, 11) is -1.91. The Morgan fingerprint density at radius 2 is 1.70 bits per heavy atom. The molecule has 2 atom stereocenters. The molecule has 0 aliphatic carbocycles. The van der Waals surface area contributed by atoms with E-state index in [0.29, 0.717) is 30.3 Å². The average molecular weight is 429 g/mol. The summed E-state index contributed by atoms with van der Waals surface area (Å²) in [5.41, 5.74) is 1.21. The predicted molar refractivity (Wildman–Crippen MR) is 115 cm³/mol. The van der Waals surface area contributed by atoms with Crippen molar-refractivity contribution in [2.75, 3.05) is 33.3 Å². The molecule has 2 saturated heterocycles. The van der Waals surface area contributed by atoms with Crippen LogP contribution in [0, 0.1) is 5.92 Å². The van der Waals surface area contributed by atoms with Gasteiger partial charge in [0.05, 0.1) is 17.9 Å². The van der Waals surface area contributed by atoms with Gasteiger partial charge in [0.2, 0.25) is 15.9 Å². The first kappa shape index (κ1) is 20.9. The molecule has 0 spiro atoms. The third kappa shape index (κ3) is 4.23. The molecule has 0 bridgehead atoms. The van der Waals surface area contributed by atoms with Gasteiger partial charge in [-0.1, -0.05) is 30.3 Å². The molecule has 2 aliphatic rings. The van der Waals surface area contributed by atoms with Gasteiger partial charge in [0, 0.05) is 32.1 Å². The highest BCUT2D eigenvalue weighted by atomic mass is 32.2. The Morgan fingerprint density at radius 3 is 2.40 bits per heavy atom. The van der Waals surface area contributed by atoms with Gasteiger partial charge < -0.3 is 9.64 Å². The van der Waals surface area contributed by atoms with Crippen LogP contribution in [0.2, 0.25) is 0 Å². The maximum atomic E-state index is 13.2. The Bertz CT molecular complexity index is 976. The molecular formula is C23H28N2O4S. The highest BCUT2D eigenvalue weighted by molar-refractivity contribution is 7.89. The van der Waals surface area contributed by atoms with Crippen LogP contribution >= 0.6 is 0 Å². The second-order valence-corrected chi connectivity index (χ2v) is 10.00. The van der Waals surface area contributed by atoms with E-state index in [9.17, 15) is 13.2 Å². The lowest BCUT2D eigenvalue weighted by Crippen LogP contribution is -2.46. The second kappa shape index (κ2) is 8.78. The van der Waals surface area contributed by atoms with E-state index in [0.717, 1.165) is 25.1 Å². The number of ether oxygens (including phenoxy) is 1. The van der Waals surface area contributed by atoms with Gasteiger partial charge in [0.25, 0.3) is 0 Å². The topological polar surface area (TPSA) is 66.9 Å². The van der Waals surface area contributed by atoms with E-state index in [-0.39, 0.29) is 18.4 Å². The highest BCUT2D eigenvalue weighted by Gasteiger charge is 2.37. The monoisotopic (exact) mass is 428 g/mol. The molecule has 2 heterocycles. The second-order valence-electron chi connectivity index (χ2n) is 8.06. The van der Waals surface area contributed by atoms with Crippen LogP contribution in [0.15, 0.2) is 59.5 Å². The number of hydrogen-bond acceptors (Lipinski definition) is 4. The highest BCUT2D eigenvalue weighted by Crippen LogP contribution is 2.31. The minimum atomic E-state index is -3.56. The maximum absolute atomic E-state index is 13.2. The van der Waals surface area contributed by atoms with Gasteiger partial charge in [-0.25, -0.2) is 8.42 Å². The number of carbonyl (C=O) groups is 1. The van der Waals surface area contributed by atoms with Crippen molar-refractivity contribution in [1.82, 2.24) is 9.21 Å². The van der Waals surface area contributed by atoms with E-state index in [4.69, 9.17) is 4.74 Å². The fraction of sp³-hybridized carbons (Fsp3) is 0.435. The Kier molecular flexibility index (Phi) is 6.11. The number of likely N-dealkylation sites (tertiary alicyclic amines) is 1. The number of piperidine rings is 1. The molecule has 2 aliphatic heterocycles. The first-order chi connectivity index (χ1) is 14.5. The zero-order valence-electron chi connectivity index (χ0n) is 17.2. The quantitative estimate of drug-likeness (QED) is 0.734. The summed E-state index contributed by atoms with van der Waals surface area (Å²) in [4.78, 5) is 15.4. The van der Waals surface area contributed by atoms with Crippen molar-refractivity contribution in [3.8, 4) is 5.75 Å². The molecule has 0 saturated carbocycles. The number of nitrogens with zero attached hydrogens (tertiary/aromatic N) is 2. The molecule has 0 radical (unpaired) electrons. The Morgan fingerprint density at radius 1 is 0.967 bits per heavy atom. The van der Waals surface area contributed by atoms with Crippen LogP contribution in [0.5, 0.6) is 5.75 Å². The Hall–Kier alpha value is -2.38. The molecule has 1 amide bonds. The average Bonchev–Trinajstić information content (AvgIpc) is 3.29. The van der Waals surface area contributed by atoms with Crippen molar-refractivity contribution < 1.29 is 17.9 Å². The summed E-state index contributed by atoms with van der Waals surface area (Å²) < 4.78 is 32.6. The molecule has 30 heavy (non-hydrogen) atoms. The Labute approximate surface area is 178 Å². The number of amides is 1. The lowest BCUT2D eigenvalue weighted by atomic mass is 9.97. The zero-order valence-corrected chi connectivity index (χ0v) is 18.1. The van der Waals surface area contributed by atoms with Crippen LogP contribution in [0.4, 0.5) is 0 Å². The van der Waals surface area contributed by atoms with Crippen molar-refractivity contribution in [3.63, 3.8) is 0 Å². The number of carbonyl (C=O) groups excluding carboxylic acids is 1. The fourth-order valence-corrected chi connectivity index (χ4v) is 6.02. The van der Waals surface area contributed by atoms with Gasteiger partial charge in [0.1, 0.15) is 5.75 Å². The summed E-state index contributed by atoms with van der Waals surface area (Å²) in [6.07, 6.45) is 2.37. The molecular weight excluding hydrogens is 400 g/mol. The SMILES string of the molecule is COc1ccc(C2CCN(C(=O)C3CCCN(S(=O)(=O)c4ccccc4)C3)C2)cc1. The van der Waals surface area contributed by atoms with E-state index in [1.54, 1.807) is 37.4 Å². The fourth-order valence-electron chi connectivity index (χ4n) is 4.47. The third-order valence-corrected chi connectivity index (χ3v) is 8.08. The molecule has 2 aromatic carbocycles. The molecule has 4 rings (SSSR count). The van der Waals surface area contributed by atoms with E-state index < -0.39 is 10.0 Å². The lowest BCUT2D eigenvalue weighted by molar-refractivity contribution is -0.135. The standard InChI is InChI=1S/C23H28N2O4S/c1-29-21-11-9-18(10-12-21)19-13-15-24(16-19)23(26)20-6-5-14-25(17-20)30(27,28)22-7-3-2-4-8-22/h2-4,7-12,19-20H,5-6,13-17H2,1H3. The molecule has 6 nitrogen and oxygen atoms in total. The molecule has 2 aromatic rings. The van der Waals surface area contributed by atoms with E-state index in [1.807, 2.05) is 17.0 Å². The van der Waals surface area contributed by atoms with Crippen molar-refractivity contribution in [2.24, 2.45) is 5.92 Å². The maximum Gasteiger partial charge on any atom is 0.243 e. The summed E-state index contributed by atoms with van der Waals surface area (Å²) in [5, 5.41) is 0. The number of rotatable bonds is 5. The summed E-state index contributed by atoms with van der Waals surface area (Å²) >= 11 is 0. The third-order valence-electron chi connectivity index (χ3n) is 6.20. The number of sulfonamides is 1. The van der Waals surface area contributed by atoms with Gasteiger partial charge in [-0.3, -0.25) is 4.79 Å². The summed E-state index contributed by atoms with van der Waals surface area (Å²) in [6, 6.07) is 16.5. The zero-order chi connectivity index (χ0) is 21.1. The van der Waals surface area contributed by atoms with Crippen LogP contribution < -0.4 is 4.74 Å². The number of methoxy groups -OCH3 is 1. The van der Waals surface area contributed by atoms with Gasteiger partial charge in [-0.2, -0.15) is 4.31 Å². The Balaban J connectivity index is 1.41. The van der Waals surface area contributed by atoms with E-state index in [2.05, 4.69) is 12.1 Å². The molecule has 2 fully saturated rings. The van der Waals surface area contributed by atoms with Crippen molar-refractivity contribution in [2.45, 2.75) is 30.1 Å². The lowest BCUT2D eigenvalue weighted by Gasteiger charge is -2.33. The van der Waals surface area contributed by atoms with Crippen LogP contribution in [-0.4, -0.2) is 56.8 Å². The minimum absolute atomic E-state index is 0.0824. The molecule has 7 heteroatoms. The van der Waals surface area contributed by atoms with Crippen molar-refractivity contribution in [1.29, 1.82) is 0 Å². The van der Waals surface area contributed by atoms with Gasteiger partial charge in [-0.15, -0.1) is 0 Å². The number of hydrogen-bond donors (Lipinski definition) is 0. The van der Waals surface area contributed by atoms with Gasteiger partial charge in [0.15, 0.2) is 0 Å². The van der Waals surface area contributed by atoms with Crippen molar-refractivity contribution in [3.05, 3.63) is 60.2 Å². The largest absolute Gasteiger partial charge is 0.497 e. The van der Waals surface area contributed by atoms with Crippen LogP contribution in [0.1, 0.15) is 30.7 Å². The summed E-state index contributed by atoms with van der Waals surface area (Å²) in [6.45, 7) is 2.14. The molecule has 0 N–H and O–H groups in total. The molecule has 160 valence electrons. The first-order valence-electron chi connectivity index (χ1n) is 10.5.